The van der Waals surface area contributed by atoms with Gasteiger partial charge in [0.15, 0.2) is 0 Å². The van der Waals surface area contributed by atoms with E-state index in [0.29, 0.717) is 0 Å². The Bertz CT molecular complexity index is 136. The molecule has 2 heteroatoms. The van der Waals surface area contributed by atoms with Crippen molar-refractivity contribution in [2.45, 2.75) is 51.6 Å². The summed E-state index contributed by atoms with van der Waals surface area (Å²) in [7, 11) is 2.08. The van der Waals surface area contributed by atoms with Crippen LogP contribution in [0.1, 0.15) is 39.5 Å². The van der Waals surface area contributed by atoms with Crippen molar-refractivity contribution in [1.82, 2.24) is 10.2 Å². The fourth-order valence-electron chi connectivity index (χ4n) is 2.24. The van der Waals surface area contributed by atoms with Gasteiger partial charge in [0.1, 0.15) is 0 Å². The van der Waals surface area contributed by atoms with Crippen LogP contribution in [0.4, 0.5) is 0 Å². The average molecular weight is 184 g/mol. The van der Waals surface area contributed by atoms with Gasteiger partial charge < -0.3 is 5.32 Å². The van der Waals surface area contributed by atoms with E-state index >= 15 is 0 Å². The van der Waals surface area contributed by atoms with E-state index in [1.165, 1.54) is 38.8 Å². The topological polar surface area (TPSA) is 15.3 Å². The maximum atomic E-state index is 3.39. The van der Waals surface area contributed by atoms with Crippen molar-refractivity contribution in [3.8, 4) is 0 Å². The second-order valence-corrected chi connectivity index (χ2v) is 4.26. The quantitative estimate of drug-likeness (QED) is 0.717. The molecule has 1 N–H and O–H groups in total. The first kappa shape index (κ1) is 11.0. The summed E-state index contributed by atoms with van der Waals surface area (Å²) in [4.78, 5) is 2.63. The van der Waals surface area contributed by atoms with Gasteiger partial charge in [-0.15, -0.1) is 0 Å². The fraction of sp³-hybridized carbons (Fsp3) is 1.00. The van der Waals surface area contributed by atoms with Gasteiger partial charge in [0.2, 0.25) is 0 Å². The van der Waals surface area contributed by atoms with Gasteiger partial charge in [0.05, 0.1) is 0 Å². The van der Waals surface area contributed by atoms with Crippen molar-refractivity contribution in [3.63, 3.8) is 0 Å². The van der Waals surface area contributed by atoms with E-state index in [-0.39, 0.29) is 0 Å². The highest BCUT2D eigenvalue weighted by Gasteiger charge is 2.21. The molecule has 0 aromatic heterocycles. The maximum absolute atomic E-state index is 3.39. The first-order valence-corrected chi connectivity index (χ1v) is 5.69. The number of hydrogen-bond donors (Lipinski definition) is 1. The van der Waals surface area contributed by atoms with Crippen molar-refractivity contribution < 1.29 is 0 Å². The van der Waals surface area contributed by atoms with Crippen molar-refractivity contribution in [2.24, 2.45) is 0 Å². The van der Waals surface area contributed by atoms with Crippen LogP contribution in [0, 0.1) is 0 Å². The molecule has 0 amide bonds. The highest BCUT2D eigenvalue weighted by atomic mass is 15.2. The molecule has 0 radical (unpaired) electrons. The summed E-state index contributed by atoms with van der Waals surface area (Å²) in [5.41, 5.74) is 0. The summed E-state index contributed by atoms with van der Waals surface area (Å²) < 4.78 is 0. The van der Waals surface area contributed by atoms with Gasteiger partial charge in [-0.3, -0.25) is 4.90 Å². The molecular weight excluding hydrogens is 160 g/mol. The van der Waals surface area contributed by atoms with E-state index in [1.54, 1.807) is 0 Å². The van der Waals surface area contributed by atoms with Crippen LogP contribution in [0.2, 0.25) is 0 Å². The third kappa shape index (κ3) is 3.28. The minimum absolute atomic E-state index is 0.730. The second-order valence-electron chi connectivity index (χ2n) is 4.26. The normalized spacial score (nSPS) is 27.5. The van der Waals surface area contributed by atoms with E-state index in [2.05, 4.69) is 31.1 Å². The summed E-state index contributed by atoms with van der Waals surface area (Å²) >= 11 is 0. The lowest BCUT2D eigenvalue weighted by Gasteiger charge is -2.36. The third-order valence-corrected chi connectivity index (χ3v) is 3.19. The third-order valence-electron chi connectivity index (χ3n) is 3.19. The first-order valence-electron chi connectivity index (χ1n) is 5.69. The molecule has 78 valence electrons. The van der Waals surface area contributed by atoms with E-state index in [1.807, 2.05) is 0 Å². The predicted molar refractivity (Wildman–Crippen MR) is 58.0 cm³/mol. The fourth-order valence-corrected chi connectivity index (χ4v) is 2.24. The van der Waals surface area contributed by atoms with Gasteiger partial charge in [-0.25, -0.2) is 0 Å². The molecule has 0 aromatic rings. The maximum Gasteiger partial charge on any atom is 0.0192 e. The van der Waals surface area contributed by atoms with Gasteiger partial charge in [-0.2, -0.15) is 0 Å². The Morgan fingerprint density at radius 1 is 1.54 bits per heavy atom. The summed E-state index contributed by atoms with van der Waals surface area (Å²) in [6, 6.07) is 1.51. The van der Waals surface area contributed by atoms with Gasteiger partial charge in [0.25, 0.3) is 0 Å². The SMILES string of the molecule is CCCC(C)N1CCCC(NC)C1. The highest BCUT2D eigenvalue weighted by Crippen LogP contribution is 2.15. The molecule has 1 rings (SSSR count). The number of nitrogens with one attached hydrogen (secondary N) is 1. The number of rotatable bonds is 4. The first-order chi connectivity index (χ1) is 6.27. The zero-order valence-corrected chi connectivity index (χ0v) is 9.34. The van der Waals surface area contributed by atoms with Crippen molar-refractivity contribution in [2.75, 3.05) is 20.1 Å². The molecule has 13 heavy (non-hydrogen) atoms. The lowest BCUT2D eigenvalue weighted by atomic mass is 10.0. The van der Waals surface area contributed by atoms with Crippen molar-refractivity contribution in [1.29, 1.82) is 0 Å². The molecule has 0 aliphatic carbocycles. The van der Waals surface area contributed by atoms with E-state index in [9.17, 15) is 0 Å². The minimum Gasteiger partial charge on any atom is -0.316 e. The van der Waals surface area contributed by atoms with E-state index in [4.69, 9.17) is 0 Å². The van der Waals surface area contributed by atoms with Crippen molar-refractivity contribution >= 4 is 0 Å². The number of likely N-dealkylation sites (tertiary alicyclic amines) is 1. The Morgan fingerprint density at radius 3 is 2.92 bits per heavy atom. The molecule has 0 aromatic carbocycles. The average Bonchev–Trinajstić information content (AvgIpc) is 2.18. The number of nitrogens with zero attached hydrogens (tertiary/aromatic N) is 1. The Balaban J connectivity index is 2.32. The Labute approximate surface area is 82.7 Å². The molecule has 1 aliphatic rings. The lowest BCUT2D eigenvalue weighted by Crippen LogP contribution is -2.47. The van der Waals surface area contributed by atoms with Crippen LogP contribution in [0.3, 0.4) is 0 Å². The van der Waals surface area contributed by atoms with E-state index < -0.39 is 0 Å². The minimum atomic E-state index is 0.730. The summed E-state index contributed by atoms with van der Waals surface area (Å²) in [5, 5.41) is 3.39. The van der Waals surface area contributed by atoms with Crippen LogP contribution in [0.5, 0.6) is 0 Å². The summed E-state index contributed by atoms with van der Waals surface area (Å²) in [6.45, 7) is 7.19. The molecular formula is C11H24N2. The molecule has 1 heterocycles. The number of likely N-dealkylation sites (N-methyl/N-ethyl adjacent to an activating group) is 1. The molecule has 1 aliphatic heterocycles. The molecule has 2 atom stereocenters. The van der Waals surface area contributed by atoms with Crippen LogP contribution in [-0.4, -0.2) is 37.1 Å². The molecule has 2 nitrogen and oxygen atoms in total. The molecule has 0 saturated carbocycles. The molecule has 2 unspecified atom stereocenters. The Morgan fingerprint density at radius 2 is 2.31 bits per heavy atom. The van der Waals surface area contributed by atoms with Crippen LogP contribution in [0.15, 0.2) is 0 Å². The van der Waals surface area contributed by atoms with Crippen LogP contribution in [0.25, 0.3) is 0 Å². The zero-order chi connectivity index (χ0) is 9.68. The predicted octanol–water partition coefficient (Wildman–Crippen LogP) is 1.86. The van der Waals surface area contributed by atoms with Crippen molar-refractivity contribution in [3.05, 3.63) is 0 Å². The Hall–Kier alpha value is -0.0800. The smallest absolute Gasteiger partial charge is 0.0192 e. The van der Waals surface area contributed by atoms with Gasteiger partial charge in [-0.05, 0) is 39.8 Å². The molecule has 1 fully saturated rings. The van der Waals surface area contributed by atoms with Gasteiger partial charge in [-0.1, -0.05) is 13.3 Å². The monoisotopic (exact) mass is 184 g/mol. The van der Waals surface area contributed by atoms with Crippen LogP contribution in [-0.2, 0) is 0 Å². The number of hydrogen-bond acceptors (Lipinski definition) is 2. The molecule has 1 saturated heterocycles. The summed E-state index contributed by atoms with van der Waals surface area (Å²) in [6.07, 6.45) is 5.36. The summed E-state index contributed by atoms with van der Waals surface area (Å²) in [5.74, 6) is 0. The number of piperidine rings is 1. The van der Waals surface area contributed by atoms with Gasteiger partial charge in [0, 0.05) is 18.6 Å². The van der Waals surface area contributed by atoms with E-state index in [0.717, 1.165) is 12.1 Å². The van der Waals surface area contributed by atoms with Gasteiger partial charge >= 0.3 is 0 Å². The van der Waals surface area contributed by atoms with Crippen LogP contribution < -0.4 is 5.32 Å². The zero-order valence-electron chi connectivity index (χ0n) is 9.34. The molecule has 0 spiro atoms. The second kappa shape index (κ2) is 5.61. The highest BCUT2D eigenvalue weighted by molar-refractivity contribution is 4.79. The Kier molecular flexibility index (Phi) is 4.74. The largest absolute Gasteiger partial charge is 0.316 e. The molecule has 0 bridgehead atoms. The standard InChI is InChI=1S/C11H24N2/c1-4-6-10(2)13-8-5-7-11(9-13)12-3/h10-12H,4-9H2,1-3H3. The lowest BCUT2D eigenvalue weighted by molar-refractivity contribution is 0.142. The van der Waals surface area contributed by atoms with Crippen LogP contribution >= 0.6 is 0 Å².